The van der Waals surface area contributed by atoms with Crippen molar-refractivity contribution in [3.8, 4) is 0 Å². The molecule has 0 saturated carbocycles. The SMILES string of the molecule is CN(Cc1ncn[nH]1)C(=O)c1cc(F)c([N+](=O)[O-])cc1F. The summed E-state index contributed by atoms with van der Waals surface area (Å²) in [6.07, 6.45) is 1.24. The molecule has 0 bridgehead atoms. The molecule has 0 unspecified atom stereocenters. The fourth-order valence-electron chi connectivity index (χ4n) is 1.65. The van der Waals surface area contributed by atoms with E-state index in [2.05, 4.69) is 15.2 Å². The lowest BCUT2D eigenvalue weighted by molar-refractivity contribution is -0.387. The number of carbonyl (C=O) groups is 1. The van der Waals surface area contributed by atoms with E-state index in [0.29, 0.717) is 18.0 Å². The Kier molecular flexibility index (Phi) is 3.87. The van der Waals surface area contributed by atoms with Crippen molar-refractivity contribution in [3.63, 3.8) is 0 Å². The third-order valence-corrected chi connectivity index (χ3v) is 2.66. The topological polar surface area (TPSA) is 105 Å². The average molecular weight is 297 g/mol. The van der Waals surface area contributed by atoms with Crippen LogP contribution in [0.1, 0.15) is 16.2 Å². The second-order valence-corrected chi connectivity index (χ2v) is 4.13. The van der Waals surface area contributed by atoms with Gasteiger partial charge in [0.15, 0.2) is 0 Å². The Balaban J connectivity index is 2.26. The minimum Gasteiger partial charge on any atom is -0.334 e. The van der Waals surface area contributed by atoms with Gasteiger partial charge in [-0.15, -0.1) is 0 Å². The quantitative estimate of drug-likeness (QED) is 0.675. The predicted molar refractivity (Wildman–Crippen MR) is 65.2 cm³/mol. The van der Waals surface area contributed by atoms with Crippen LogP contribution < -0.4 is 0 Å². The van der Waals surface area contributed by atoms with Crippen LogP contribution in [0, 0.1) is 21.7 Å². The van der Waals surface area contributed by atoms with Gasteiger partial charge in [-0.05, 0) is 6.07 Å². The fourth-order valence-corrected chi connectivity index (χ4v) is 1.65. The number of nitrogens with one attached hydrogen (secondary N) is 1. The van der Waals surface area contributed by atoms with E-state index in [0.717, 1.165) is 4.90 Å². The Bertz CT molecular complexity index is 689. The normalized spacial score (nSPS) is 10.4. The highest BCUT2D eigenvalue weighted by Gasteiger charge is 2.24. The number of hydrogen-bond acceptors (Lipinski definition) is 5. The number of rotatable bonds is 4. The molecule has 8 nitrogen and oxygen atoms in total. The standard InChI is InChI=1S/C11H9F2N5O3/c1-17(4-10-14-5-15-16-10)11(19)6-2-8(13)9(18(20)21)3-7(6)12/h2-3,5H,4H2,1H3,(H,14,15,16). The second kappa shape index (κ2) is 5.61. The average Bonchev–Trinajstić information content (AvgIpc) is 2.92. The van der Waals surface area contributed by atoms with Gasteiger partial charge in [-0.25, -0.2) is 9.37 Å². The van der Waals surface area contributed by atoms with E-state index >= 15 is 0 Å². The molecule has 0 spiro atoms. The van der Waals surface area contributed by atoms with Crippen molar-refractivity contribution in [2.45, 2.75) is 6.54 Å². The molecule has 2 rings (SSSR count). The smallest absolute Gasteiger partial charge is 0.307 e. The first kappa shape index (κ1) is 14.5. The Morgan fingerprint density at radius 3 is 2.71 bits per heavy atom. The molecule has 1 N–H and O–H groups in total. The zero-order valence-corrected chi connectivity index (χ0v) is 10.7. The maximum atomic E-state index is 13.7. The number of aromatic nitrogens is 3. The summed E-state index contributed by atoms with van der Waals surface area (Å²) in [6.45, 7) is -0.00310. The summed E-state index contributed by atoms with van der Waals surface area (Å²) in [5, 5.41) is 16.6. The number of hydrogen-bond donors (Lipinski definition) is 1. The van der Waals surface area contributed by atoms with Gasteiger partial charge in [-0.1, -0.05) is 0 Å². The third-order valence-electron chi connectivity index (χ3n) is 2.66. The zero-order valence-electron chi connectivity index (χ0n) is 10.7. The van der Waals surface area contributed by atoms with Crippen molar-refractivity contribution in [2.75, 3.05) is 7.05 Å². The molecule has 0 aliphatic carbocycles. The number of nitrogens with zero attached hydrogens (tertiary/aromatic N) is 4. The molecule has 1 aromatic carbocycles. The molecule has 1 amide bonds. The molecule has 0 saturated heterocycles. The Morgan fingerprint density at radius 1 is 1.43 bits per heavy atom. The molecule has 110 valence electrons. The summed E-state index contributed by atoms with van der Waals surface area (Å²) in [7, 11) is 1.35. The molecule has 0 fully saturated rings. The van der Waals surface area contributed by atoms with Crippen molar-refractivity contribution in [1.29, 1.82) is 0 Å². The van der Waals surface area contributed by atoms with Gasteiger partial charge >= 0.3 is 5.69 Å². The summed E-state index contributed by atoms with van der Waals surface area (Å²) in [4.78, 5) is 26.3. The van der Waals surface area contributed by atoms with Gasteiger partial charge in [0, 0.05) is 7.05 Å². The number of benzene rings is 1. The highest BCUT2D eigenvalue weighted by Crippen LogP contribution is 2.22. The van der Waals surface area contributed by atoms with E-state index in [1.165, 1.54) is 13.4 Å². The minimum atomic E-state index is -1.28. The minimum absolute atomic E-state index is 0.00310. The van der Waals surface area contributed by atoms with Crippen molar-refractivity contribution in [3.05, 3.63) is 51.6 Å². The Hall–Kier alpha value is -2.91. The molecular formula is C11H9F2N5O3. The van der Waals surface area contributed by atoms with E-state index in [9.17, 15) is 23.7 Å². The van der Waals surface area contributed by atoms with Crippen molar-refractivity contribution in [1.82, 2.24) is 20.1 Å². The van der Waals surface area contributed by atoms with Crippen LogP contribution in [0.5, 0.6) is 0 Å². The number of nitro benzene ring substituents is 1. The zero-order chi connectivity index (χ0) is 15.6. The lowest BCUT2D eigenvalue weighted by Gasteiger charge is -2.15. The number of amides is 1. The highest BCUT2D eigenvalue weighted by atomic mass is 19.1. The van der Waals surface area contributed by atoms with Crippen LogP contribution >= 0.6 is 0 Å². The molecule has 0 radical (unpaired) electrons. The number of H-pyrrole nitrogens is 1. The van der Waals surface area contributed by atoms with Gasteiger partial charge in [0.2, 0.25) is 5.82 Å². The number of halogens is 2. The van der Waals surface area contributed by atoms with E-state index in [4.69, 9.17) is 0 Å². The van der Waals surface area contributed by atoms with Crippen LogP contribution in [0.2, 0.25) is 0 Å². The first-order valence-electron chi connectivity index (χ1n) is 5.63. The van der Waals surface area contributed by atoms with Crippen molar-refractivity contribution < 1.29 is 18.5 Å². The number of carbonyl (C=O) groups excluding carboxylic acids is 1. The lowest BCUT2D eigenvalue weighted by atomic mass is 10.1. The van der Waals surface area contributed by atoms with Crippen molar-refractivity contribution in [2.24, 2.45) is 0 Å². The number of nitro groups is 1. The summed E-state index contributed by atoms with van der Waals surface area (Å²) in [6, 6.07) is 0.886. The molecule has 0 aliphatic rings. The molecule has 1 aromatic heterocycles. The van der Waals surface area contributed by atoms with Crippen LogP contribution in [0.15, 0.2) is 18.5 Å². The van der Waals surface area contributed by atoms with E-state index in [-0.39, 0.29) is 6.54 Å². The maximum Gasteiger partial charge on any atom is 0.307 e. The Labute approximate surface area is 116 Å². The van der Waals surface area contributed by atoms with E-state index < -0.39 is 33.7 Å². The lowest BCUT2D eigenvalue weighted by Crippen LogP contribution is -2.27. The van der Waals surface area contributed by atoms with Crippen LogP contribution in [0.25, 0.3) is 0 Å². The molecule has 0 atom stereocenters. The largest absolute Gasteiger partial charge is 0.334 e. The maximum absolute atomic E-state index is 13.7. The van der Waals surface area contributed by atoms with Gasteiger partial charge in [-0.3, -0.25) is 20.0 Å². The second-order valence-electron chi connectivity index (χ2n) is 4.13. The first-order valence-corrected chi connectivity index (χ1v) is 5.63. The molecule has 10 heteroatoms. The monoisotopic (exact) mass is 297 g/mol. The van der Waals surface area contributed by atoms with Crippen LogP contribution in [0.3, 0.4) is 0 Å². The van der Waals surface area contributed by atoms with Crippen LogP contribution in [-0.4, -0.2) is 38.0 Å². The summed E-state index contributed by atoms with van der Waals surface area (Å²) in [5.74, 6) is -2.93. The molecular weight excluding hydrogens is 288 g/mol. The molecule has 2 aromatic rings. The van der Waals surface area contributed by atoms with E-state index in [1.807, 2.05) is 0 Å². The van der Waals surface area contributed by atoms with E-state index in [1.54, 1.807) is 0 Å². The molecule has 21 heavy (non-hydrogen) atoms. The summed E-state index contributed by atoms with van der Waals surface area (Å²) in [5.41, 5.74) is -1.62. The predicted octanol–water partition coefficient (Wildman–Crippen LogP) is 1.26. The summed E-state index contributed by atoms with van der Waals surface area (Å²) < 4.78 is 27.2. The van der Waals surface area contributed by atoms with Gasteiger partial charge in [0.1, 0.15) is 18.0 Å². The number of aromatic amines is 1. The molecule has 1 heterocycles. The van der Waals surface area contributed by atoms with Crippen molar-refractivity contribution >= 4 is 11.6 Å². The fraction of sp³-hybridized carbons (Fsp3) is 0.182. The first-order chi connectivity index (χ1) is 9.90. The highest BCUT2D eigenvalue weighted by molar-refractivity contribution is 5.94. The van der Waals surface area contributed by atoms with Gasteiger partial charge in [-0.2, -0.15) is 9.49 Å². The van der Waals surface area contributed by atoms with Gasteiger partial charge in [0.25, 0.3) is 5.91 Å². The Morgan fingerprint density at radius 2 is 2.14 bits per heavy atom. The van der Waals surface area contributed by atoms with Gasteiger partial charge in [0.05, 0.1) is 23.1 Å². The summed E-state index contributed by atoms with van der Waals surface area (Å²) >= 11 is 0. The van der Waals surface area contributed by atoms with Crippen LogP contribution in [-0.2, 0) is 6.54 Å². The van der Waals surface area contributed by atoms with Gasteiger partial charge < -0.3 is 4.90 Å². The van der Waals surface area contributed by atoms with Crippen LogP contribution in [0.4, 0.5) is 14.5 Å². The third kappa shape index (κ3) is 2.99. The molecule has 0 aliphatic heterocycles.